The second-order valence-corrected chi connectivity index (χ2v) is 5.13. The number of benzene rings is 1. The largest absolute Gasteiger partial charge is 0.586 e. The Balaban J connectivity index is 1.99. The summed E-state index contributed by atoms with van der Waals surface area (Å²) in [5.41, 5.74) is 2.07. The van der Waals surface area contributed by atoms with Crippen LogP contribution >= 0.6 is 0 Å². The van der Waals surface area contributed by atoms with E-state index in [0.717, 1.165) is 36.9 Å². The zero-order valence-electron chi connectivity index (χ0n) is 10.5. The molecule has 0 amide bonds. The molecule has 0 atom stereocenters. The molecule has 6 heteroatoms. The van der Waals surface area contributed by atoms with Crippen molar-refractivity contribution in [3.05, 3.63) is 33.6 Å². The predicted octanol–water partition coefficient (Wildman–Crippen LogP) is 2.73. The molecule has 4 rings (SSSR count). The normalized spacial score (nSPS) is 19.1. The summed E-state index contributed by atoms with van der Waals surface area (Å²) in [6.45, 7) is 0. The molecule has 0 spiro atoms. The number of aromatic nitrogens is 1. The maximum absolute atomic E-state index is 13.1. The Morgan fingerprint density at radius 3 is 2.60 bits per heavy atom. The molecule has 1 aliphatic carbocycles. The van der Waals surface area contributed by atoms with Crippen LogP contribution in [0.3, 0.4) is 0 Å². The van der Waals surface area contributed by atoms with E-state index >= 15 is 0 Å². The van der Waals surface area contributed by atoms with Gasteiger partial charge in [0, 0.05) is 22.7 Å². The van der Waals surface area contributed by atoms with Crippen LogP contribution in [0.1, 0.15) is 24.1 Å². The van der Waals surface area contributed by atoms with Gasteiger partial charge >= 0.3 is 6.29 Å². The topological polar surface area (TPSA) is 51.3 Å². The van der Waals surface area contributed by atoms with Crippen molar-refractivity contribution in [1.29, 1.82) is 0 Å². The summed E-state index contributed by atoms with van der Waals surface area (Å²) in [5.74, 6) is -0.141. The van der Waals surface area contributed by atoms with Gasteiger partial charge in [0.15, 0.2) is 16.9 Å². The first-order chi connectivity index (χ1) is 9.53. The second-order valence-electron chi connectivity index (χ2n) is 5.13. The highest BCUT2D eigenvalue weighted by Gasteiger charge is 2.43. The van der Waals surface area contributed by atoms with Gasteiger partial charge in [-0.1, -0.05) is 0 Å². The number of aryl methyl sites for hydroxylation is 1. The molecule has 0 unspecified atom stereocenters. The Labute approximate surface area is 112 Å². The maximum atomic E-state index is 13.1. The van der Waals surface area contributed by atoms with E-state index in [1.54, 1.807) is 0 Å². The standard InChI is InChI=1S/C14H11F2NO3/c15-14(16)19-11-5-8-10(6-12(11)20-14)17-9-4-2-1-3-7(9)13(8)18/h5-6H,1-4H2,(H,17,18). The number of nitrogens with one attached hydrogen (secondary N) is 1. The molecule has 0 bridgehead atoms. The van der Waals surface area contributed by atoms with Crippen molar-refractivity contribution in [2.24, 2.45) is 0 Å². The van der Waals surface area contributed by atoms with Gasteiger partial charge < -0.3 is 14.5 Å². The molecule has 1 aromatic carbocycles. The number of H-pyrrole nitrogens is 1. The van der Waals surface area contributed by atoms with Gasteiger partial charge in [-0.2, -0.15) is 0 Å². The second kappa shape index (κ2) is 3.71. The van der Waals surface area contributed by atoms with E-state index in [1.807, 2.05) is 0 Å². The van der Waals surface area contributed by atoms with Gasteiger partial charge in [-0.05, 0) is 31.7 Å². The van der Waals surface area contributed by atoms with Crippen molar-refractivity contribution in [3.8, 4) is 11.5 Å². The highest BCUT2D eigenvalue weighted by molar-refractivity contribution is 5.83. The number of ether oxygens (including phenoxy) is 2. The number of halogens is 2. The van der Waals surface area contributed by atoms with E-state index in [9.17, 15) is 13.6 Å². The van der Waals surface area contributed by atoms with E-state index in [4.69, 9.17) is 0 Å². The molecule has 0 fully saturated rings. The summed E-state index contributed by atoms with van der Waals surface area (Å²) < 4.78 is 34.9. The van der Waals surface area contributed by atoms with E-state index in [2.05, 4.69) is 14.5 Å². The third-order valence-corrected chi connectivity index (χ3v) is 3.81. The molecule has 0 saturated carbocycles. The average molecular weight is 279 g/mol. The molecule has 104 valence electrons. The Morgan fingerprint density at radius 2 is 1.80 bits per heavy atom. The lowest BCUT2D eigenvalue weighted by Crippen LogP contribution is -2.25. The number of pyridine rings is 1. The molecule has 20 heavy (non-hydrogen) atoms. The lowest BCUT2D eigenvalue weighted by molar-refractivity contribution is -0.286. The van der Waals surface area contributed by atoms with Crippen LogP contribution in [0, 0.1) is 0 Å². The van der Waals surface area contributed by atoms with E-state index in [-0.39, 0.29) is 16.9 Å². The van der Waals surface area contributed by atoms with Crippen molar-refractivity contribution in [2.75, 3.05) is 0 Å². The third-order valence-electron chi connectivity index (χ3n) is 3.81. The van der Waals surface area contributed by atoms with Crippen LogP contribution in [-0.2, 0) is 12.8 Å². The van der Waals surface area contributed by atoms with Crippen molar-refractivity contribution >= 4 is 10.9 Å². The van der Waals surface area contributed by atoms with Crippen LogP contribution in [0.4, 0.5) is 8.78 Å². The number of aromatic amines is 1. The molecule has 2 aliphatic rings. The first kappa shape index (κ1) is 11.7. The zero-order valence-corrected chi connectivity index (χ0v) is 10.5. The van der Waals surface area contributed by atoms with Gasteiger partial charge in [0.2, 0.25) is 0 Å². The van der Waals surface area contributed by atoms with Crippen LogP contribution in [0.2, 0.25) is 0 Å². The quantitative estimate of drug-likeness (QED) is 0.806. The average Bonchev–Trinajstić information content (AvgIpc) is 2.70. The van der Waals surface area contributed by atoms with Crippen LogP contribution in [0.5, 0.6) is 11.5 Å². The number of rotatable bonds is 0. The van der Waals surface area contributed by atoms with Gasteiger partial charge in [-0.15, -0.1) is 8.78 Å². The maximum Gasteiger partial charge on any atom is 0.586 e. The molecular formula is C14H11F2NO3. The smallest absolute Gasteiger partial charge is 0.395 e. The molecule has 2 aromatic rings. The molecule has 1 N–H and O–H groups in total. The molecule has 2 heterocycles. The van der Waals surface area contributed by atoms with Gasteiger partial charge in [0.05, 0.1) is 5.52 Å². The molecule has 1 aromatic heterocycles. The molecular weight excluding hydrogens is 268 g/mol. The Hall–Kier alpha value is -2.11. The summed E-state index contributed by atoms with van der Waals surface area (Å²) in [7, 11) is 0. The minimum atomic E-state index is -3.66. The fraction of sp³-hybridized carbons (Fsp3) is 0.357. The number of alkyl halides is 2. The van der Waals surface area contributed by atoms with Crippen LogP contribution < -0.4 is 14.9 Å². The Kier molecular flexibility index (Phi) is 2.17. The summed E-state index contributed by atoms with van der Waals surface area (Å²) in [6.07, 6.45) is -0.125. The number of hydrogen-bond acceptors (Lipinski definition) is 3. The highest BCUT2D eigenvalue weighted by atomic mass is 19.3. The number of hydrogen-bond donors (Lipinski definition) is 1. The monoisotopic (exact) mass is 279 g/mol. The van der Waals surface area contributed by atoms with Crippen molar-refractivity contribution in [3.63, 3.8) is 0 Å². The van der Waals surface area contributed by atoms with Gasteiger partial charge in [0.1, 0.15) is 0 Å². The SMILES string of the molecule is O=c1c2c([nH]c3cc4c(cc13)OC(F)(F)O4)CCCC2. The molecule has 1 aliphatic heterocycles. The zero-order chi connectivity index (χ0) is 13.9. The van der Waals surface area contributed by atoms with E-state index < -0.39 is 6.29 Å². The van der Waals surface area contributed by atoms with E-state index in [0.29, 0.717) is 10.9 Å². The lowest BCUT2D eigenvalue weighted by atomic mass is 9.94. The fourth-order valence-corrected chi connectivity index (χ4v) is 2.91. The minimum absolute atomic E-state index is 0.0473. The van der Waals surface area contributed by atoms with Crippen LogP contribution in [0.25, 0.3) is 10.9 Å². The Bertz CT molecular complexity index is 782. The summed E-state index contributed by atoms with van der Waals surface area (Å²) in [5, 5.41) is 0.366. The fourth-order valence-electron chi connectivity index (χ4n) is 2.91. The van der Waals surface area contributed by atoms with Gasteiger partial charge in [-0.3, -0.25) is 4.79 Å². The first-order valence-corrected chi connectivity index (χ1v) is 6.51. The summed E-state index contributed by atoms with van der Waals surface area (Å²) in [4.78, 5) is 15.6. The molecule has 4 nitrogen and oxygen atoms in total. The van der Waals surface area contributed by atoms with E-state index in [1.165, 1.54) is 12.1 Å². The lowest BCUT2D eigenvalue weighted by Gasteiger charge is -2.15. The van der Waals surface area contributed by atoms with Gasteiger partial charge in [-0.25, -0.2) is 0 Å². The molecule has 0 radical (unpaired) electrons. The van der Waals surface area contributed by atoms with Crippen molar-refractivity contribution in [2.45, 2.75) is 32.0 Å². The van der Waals surface area contributed by atoms with Crippen LogP contribution in [-0.4, -0.2) is 11.3 Å². The molecule has 0 saturated heterocycles. The summed E-state index contributed by atoms with van der Waals surface area (Å²) in [6, 6.07) is 2.74. The predicted molar refractivity (Wildman–Crippen MR) is 67.4 cm³/mol. The first-order valence-electron chi connectivity index (χ1n) is 6.51. The number of fused-ring (bicyclic) bond motifs is 3. The van der Waals surface area contributed by atoms with Gasteiger partial charge in [0.25, 0.3) is 0 Å². The third kappa shape index (κ3) is 1.60. The van der Waals surface area contributed by atoms with Crippen molar-refractivity contribution < 1.29 is 18.3 Å². The van der Waals surface area contributed by atoms with Crippen molar-refractivity contribution in [1.82, 2.24) is 4.98 Å². The highest BCUT2D eigenvalue weighted by Crippen LogP contribution is 2.42. The minimum Gasteiger partial charge on any atom is -0.395 e. The summed E-state index contributed by atoms with van der Waals surface area (Å²) >= 11 is 0. The van der Waals surface area contributed by atoms with Crippen LogP contribution in [0.15, 0.2) is 16.9 Å². The Morgan fingerprint density at radius 1 is 1.10 bits per heavy atom.